The zero-order chi connectivity index (χ0) is 17.3. The number of ether oxygens (including phenoxy) is 1. The van der Waals surface area contributed by atoms with Crippen LogP contribution in [0.15, 0.2) is 42.5 Å². The average molecular weight is 365 g/mol. The lowest BCUT2D eigenvalue weighted by atomic mass is 10.1. The van der Waals surface area contributed by atoms with E-state index in [1.807, 2.05) is 0 Å². The van der Waals surface area contributed by atoms with Crippen molar-refractivity contribution < 1.29 is 14.3 Å². The van der Waals surface area contributed by atoms with Crippen molar-refractivity contribution in [3.63, 3.8) is 0 Å². The summed E-state index contributed by atoms with van der Waals surface area (Å²) in [6, 6.07) is 11.0. The Labute approximate surface area is 149 Å². The molecule has 2 aromatic rings. The maximum atomic E-state index is 12.5. The fourth-order valence-electron chi connectivity index (χ4n) is 2.47. The molecule has 2 aromatic carbocycles. The summed E-state index contributed by atoms with van der Waals surface area (Å²) in [6.07, 6.45) is 0. The average Bonchev–Trinajstić information content (AvgIpc) is 2.56. The maximum absolute atomic E-state index is 12.5. The molecule has 1 aliphatic rings. The number of nitrogens with zero attached hydrogens (tertiary/aromatic N) is 1. The van der Waals surface area contributed by atoms with Gasteiger partial charge in [-0.2, -0.15) is 0 Å². The zero-order valence-electron chi connectivity index (χ0n) is 12.8. The van der Waals surface area contributed by atoms with Crippen LogP contribution in [0.5, 0.6) is 5.75 Å². The molecule has 0 radical (unpaired) electrons. The van der Waals surface area contributed by atoms with E-state index in [9.17, 15) is 9.59 Å². The molecule has 2 amide bonds. The second kappa shape index (κ2) is 6.71. The number of hydrogen-bond acceptors (Lipinski definition) is 3. The minimum absolute atomic E-state index is 0.118. The first-order valence-corrected chi connectivity index (χ1v) is 8.02. The van der Waals surface area contributed by atoms with Gasteiger partial charge in [-0.25, -0.2) is 0 Å². The molecule has 0 aromatic heterocycles. The summed E-state index contributed by atoms with van der Waals surface area (Å²) in [5, 5.41) is 3.80. The van der Waals surface area contributed by atoms with Gasteiger partial charge in [-0.3, -0.25) is 14.5 Å². The van der Waals surface area contributed by atoms with Gasteiger partial charge in [0.25, 0.3) is 5.91 Å². The predicted molar refractivity (Wildman–Crippen MR) is 94.0 cm³/mol. The third-order valence-electron chi connectivity index (χ3n) is 3.68. The molecule has 1 heterocycles. The first-order chi connectivity index (χ1) is 11.5. The van der Waals surface area contributed by atoms with E-state index in [1.54, 1.807) is 49.4 Å². The highest BCUT2D eigenvalue weighted by molar-refractivity contribution is 6.31. The first kappa shape index (κ1) is 16.6. The number of nitrogens with one attached hydrogen (secondary N) is 1. The van der Waals surface area contributed by atoms with Gasteiger partial charge < -0.3 is 10.1 Å². The van der Waals surface area contributed by atoms with E-state index in [-0.39, 0.29) is 18.4 Å². The van der Waals surface area contributed by atoms with Crippen LogP contribution in [0.4, 0.5) is 11.4 Å². The van der Waals surface area contributed by atoms with Gasteiger partial charge in [0.2, 0.25) is 5.91 Å². The molecular formula is C17H14Cl2N2O3. The fourth-order valence-corrected chi connectivity index (χ4v) is 2.76. The van der Waals surface area contributed by atoms with Crippen molar-refractivity contribution in [3.8, 4) is 5.75 Å². The van der Waals surface area contributed by atoms with Gasteiger partial charge in [0.1, 0.15) is 11.8 Å². The van der Waals surface area contributed by atoms with Crippen LogP contribution < -0.4 is 15.0 Å². The lowest BCUT2D eigenvalue weighted by Crippen LogP contribution is -2.49. The van der Waals surface area contributed by atoms with E-state index in [0.717, 1.165) is 0 Å². The third kappa shape index (κ3) is 3.32. The smallest absolute Gasteiger partial charge is 0.265 e. The molecule has 24 heavy (non-hydrogen) atoms. The molecule has 0 fully saturated rings. The highest BCUT2D eigenvalue weighted by Gasteiger charge is 2.33. The van der Waals surface area contributed by atoms with Crippen molar-refractivity contribution in [2.24, 2.45) is 0 Å². The predicted octanol–water partition coefficient (Wildman–Crippen LogP) is 3.75. The maximum Gasteiger partial charge on any atom is 0.265 e. The molecule has 0 saturated carbocycles. The lowest BCUT2D eigenvalue weighted by molar-refractivity contribution is -0.125. The van der Waals surface area contributed by atoms with Crippen molar-refractivity contribution in [1.82, 2.24) is 0 Å². The number of rotatable bonds is 3. The molecule has 1 aliphatic heterocycles. The molecule has 1 atom stereocenters. The molecule has 3 rings (SSSR count). The summed E-state index contributed by atoms with van der Waals surface area (Å²) in [7, 11) is 0. The minimum atomic E-state index is -0.728. The number of hydrogen-bond donors (Lipinski definition) is 1. The van der Waals surface area contributed by atoms with E-state index in [2.05, 4.69) is 5.32 Å². The number of anilines is 2. The monoisotopic (exact) mass is 364 g/mol. The quantitative estimate of drug-likeness (QED) is 0.902. The number of fused-ring (bicyclic) bond motifs is 1. The van der Waals surface area contributed by atoms with Crippen molar-refractivity contribution in [2.75, 3.05) is 16.8 Å². The fraction of sp³-hybridized carbons (Fsp3) is 0.176. The summed E-state index contributed by atoms with van der Waals surface area (Å²) in [5.41, 5.74) is 1.08. The number of benzene rings is 2. The first-order valence-electron chi connectivity index (χ1n) is 7.26. The topological polar surface area (TPSA) is 58.6 Å². The van der Waals surface area contributed by atoms with Crippen molar-refractivity contribution in [1.29, 1.82) is 0 Å². The number of halogens is 2. The standard InChI is InChI=1S/C17H14Cl2N2O3/c1-10(17(23)20-13-5-2-11(18)3-6-13)21-14-8-12(19)4-7-15(14)24-9-16(21)22/h2-8,10H,9H2,1H3,(H,20,23). The van der Waals surface area contributed by atoms with Crippen LogP contribution in [-0.2, 0) is 9.59 Å². The lowest BCUT2D eigenvalue weighted by Gasteiger charge is -2.33. The third-order valence-corrected chi connectivity index (χ3v) is 4.17. The van der Waals surface area contributed by atoms with Crippen LogP contribution >= 0.6 is 23.2 Å². The highest BCUT2D eigenvalue weighted by Crippen LogP contribution is 2.35. The highest BCUT2D eigenvalue weighted by atomic mass is 35.5. The van der Waals surface area contributed by atoms with Gasteiger partial charge in [0.15, 0.2) is 6.61 Å². The van der Waals surface area contributed by atoms with Crippen molar-refractivity contribution >= 4 is 46.4 Å². The van der Waals surface area contributed by atoms with Gasteiger partial charge in [-0.1, -0.05) is 23.2 Å². The van der Waals surface area contributed by atoms with Gasteiger partial charge in [0.05, 0.1) is 5.69 Å². The zero-order valence-corrected chi connectivity index (χ0v) is 14.3. The summed E-state index contributed by atoms with van der Waals surface area (Å²) >= 11 is 11.8. The molecule has 0 bridgehead atoms. The Balaban J connectivity index is 1.84. The van der Waals surface area contributed by atoms with Gasteiger partial charge in [0, 0.05) is 15.7 Å². The van der Waals surface area contributed by atoms with E-state index in [1.165, 1.54) is 4.90 Å². The second-order valence-electron chi connectivity index (χ2n) is 5.34. The van der Waals surface area contributed by atoms with Crippen molar-refractivity contribution in [2.45, 2.75) is 13.0 Å². The summed E-state index contributed by atoms with van der Waals surface area (Å²) in [5.74, 6) is -0.104. The largest absolute Gasteiger partial charge is 0.482 e. The molecule has 1 N–H and O–H groups in total. The normalized spacial score (nSPS) is 14.6. The molecule has 0 saturated heterocycles. The second-order valence-corrected chi connectivity index (χ2v) is 6.21. The molecule has 124 valence electrons. The van der Waals surface area contributed by atoms with E-state index in [4.69, 9.17) is 27.9 Å². The SMILES string of the molecule is CC(C(=O)Nc1ccc(Cl)cc1)N1C(=O)COc2ccc(Cl)cc21. The Morgan fingerprint density at radius 2 is 1.83 bits per heavy atom. The summed E-state index contributed by atoms with van der Waals surface area (Å²) in [6.45, 7) is 1.53. The Morgan fingerprint density at radius 3 is 2.54 bits per heavy atom. The van der Waals surface area contributed by atoms with Gasteiger partial charge in [-0.15, -0.1) is 0 Å². The minimum Gasteiger partial charge on any atom is -0.482 e. The van der Waals surface area contributed by atoms with Crippen LogP contribution in [0.25, 0.3) is 0 Å². The number of amides is 2. The molecule has 0 aliphatic carbocycles. The van der Waals surface area contributed by atoms with Crippen LogP contribution in [0.3, 0.4) is 0 Å². The molecular weight excluding hydrogens is 351 g/mol. The Morgan fingerprint density at radius 1 is 1.17 bits per heavy atom. The van der Waals surface area contributed by atoms with Crippen LogP contribution in [0, 0.1) is 0 Å². The molecule has 7 heteroatoms. The molecule has 1 unspecified atom stereocenters. The molecule has 5 nitrogen and oxygen atoms in total. The van der Waals surface area contributed by atoms with Gasteiger partial charge in [-0.05, 0) is 49.4 Å². The Hall–Kier alpha value is -2.24. The Bertz CT molecular complexity index is 793. The number of carbonyl (C=O) groups is 2. The van der Waals surface area contributed by atoms with E-state index < -0.39 is 6.04 Å². The van der Waals surface area contributed by atoms with E-state index >= 15 is 0 Å². The van der Waals surface area contributed by atoms with Crippen LogP contribution in [0.1, 0.15) is 6.92 Å². The van der Waals surface area contributed by atoms with Crippen molar-refractivity contribution in [3.05, 3.63) is 52.5 Å². The summed E-state index contributed by atoms with van der Waals surface area (Å²) in [4.78, 5) is 26.2. The Kier molecular flexibility index (Phi) is 4.64. The number of carbonyl (C=O) groups excluding carboxylic acids is 2. The molecule has 0 spiro atoms. The van der Waals surface area contributed by atoms with Gasteiger partial charge >= 0.3 is 0 Å². The van der Waals surface area contributed by atoms with Crippen LogP contribution in [0.2, 0.25) is 10.0 Å². The van der Waals surface area contributed by atoms with Crippen LogP contribution in [-0.4, -0.2) is 24.5 Å². The van der Waals surface area contributed by atoms with E-state index in [0.29, 0.717) is 27.2 Å². The summed E-state index contributed by atoms with van der Waals surface area (Å²) < 4.78 is 5.39.